The van der Waals surface area contributed by atoms with Gasteiger partial charge in [0.25, 0.3) is 0 Å². The molecule has 2 aromatic carbocycles. The summed E-state index contributed by atoms with van der Waals surface area (Å²) < 4.78 is 13.7. The van der Waals surface area contributed by atoms with Gasteiger partial charge in [-0.15, -0.1) is 0 Å². The second-order valence-electron chi connectivity index (χ2n) is 5.29. The van der Waals surface area contributed by atoms with Crippen LogP contribution in [0.5, 0.6) is 0 Å². The van der Waals surface area contributed by atoms with Gasteiger partial charge in [-0.2, -0.15) is 0 Å². The maximum absolute atomic E-state index is 13.7. The van der Waals surface area contributed by atoms with Crippen molar-refractivity contribution < 1.29 is 4.39 Å². The molecule has 0 amide bonds. The molecule has 2 rings (SSSR count). The highest BCUT2D eigenvalue weighted by Gasteiger charge is 2.11. The van der Waals surface area contributed by atoms with Gasteiger partial charge in [-0.1, -0.05) is 36.0 Å². The first-order valence-electron chi connectivity index (χ1n) is 6.81. The van der Waals surface area contributed by atoms with E-state index in [0.29, 0.717) is 10.6 Å². The molecule has 0 aromatic heterocycles. The molecule has 0 radical (unpaired) electrons. The van der Waals surface area contributed by atoms with Crippen LogP contribution in [0.2, 0.25) is 0 Å². The number of thiocarbonyl (C=S) groups is 1. The normalized spacial score (nSPS) is 12.0. The van der Waals surface area contributed by atoms with Gasteiger partial charge in [0.1, 0.15) is 10.8 Å². The highest BCUT2D eigenvalue weighted by atomic mass is 32.1. The molecule has 2 nitrogen and oxygen atoms in total. The lowest BCUT2D eigenvalue weighted by Gasteiger charge is -2.19. The van der Waals surface area contributed by atoms with Gasteiger partial charge in [-0.3, -0.25) is 0 Å². The molecule has 0 bridgehead atoms. The molecule has 110 valence electrons. The maximum atomic E-state index is 13.7. The molecule has 0 aliphatic heterocycles. The third kappa shape index (κ3) is 3.58. The molecule has 3 N–H and O–H groups in total. The molecule has 1 atom stereocenters. The lowest BCUT2D eigenvalue weighted by molar-refractivity contribution is 0.614. The van der Waals surface area contributed by atoms with Crippen LogP contribution < -0.4 is 11.1 Å². The molecule has 21 heavy (non-hydrogen) atoms. The lowest BCUT2D eigenvalue weighted by atomic mass is 10.0. The van der Waals surface area contributed by atoms with Crippen LogP contribution in [0.3, 0.4) is 0 Å². The Labute approximate surface area is 130 Å². The summed E-state index contributed by atoms with van der Waals surface area (Å²) in [4.78, 5) is 0.350. The predicted octanol–water partition coefficient (Wildman–Crippen LogP) is 4.25. The zero-order chi connectivity index (χ0) is 15.6. The van der Waals surface area contributed by atoms with Crippen LogP contribution in [0.4, 0.5) is 10.1 Å². The molecule has 0 aliphatic carbocycles. The van der Waals surface area contributed by atoms with Crippen molar-refractivity contribution in [2.45, 2.75) is 26.8 Å². The van der Waals surface area contributed by atoms with Crippen molar-refractivity contribution in [1.29, 1.82) is 0 Å². The Morgan fingerprint density at radius 1 is 1.19 bits per heavy atom. The molecular weight excluding hydrogens is 283 g/mol. The largest absolute Gasteiger partial charge is 0.389 e. The van der Waals surface area contributed by atoms with Crippen molar-refractivity contribution in [3.8, 4) is 0 Å². The summed E-state index contributed by atoms with van der Waals surface area (Å²) in [5.41, 5.74) is 10.1. The Morgan fingerprint density at radius 2 is 1.90 bits per heavy atom. The quantitative estimate of drug-likeness (QED) is 0.829. The monoisotopic (exact) mass is 302 g/mol. The average Bonchev–Trinajstić information content (AvgIpc) is 2.43. The third-order valence-corrected chi connectivity index (χ3v) is 3.73. The van der Waals surface area contributed by atoms with E-state index in [4.69, 9.17) is 18.0 Å². The molecule has 0 saturated carbocycles. The molecular formula is C17H19FN2S. The van der Waals surface area contributed by atoms with Gasteiger partial charge in [0.15, 0.2) is 0 Å². The van der Waals surface area contributed by atoms with Crippen molar-refractivity contribution >= 4 is 22.9 Å². The standard InChI is InChI=1S/C17H19FN2S/c1-10-4-7-16(14(8-10)17(19)21)20-12(3)13-6-5-11(2)15(18)9-13/h4-9,12,20H,1-3H3,(H2,19,21). The van der Waals surface area contributed by atoms with Gasteiger partial charge in [-0.05, 0) is 50.1 Å². The first kappa shape index (κ1) is 15.4. The van der Waals surface area contributed by atoms with Crippen molar-refractivity contribution in [1.82, 2.24) is 0 Å². The Hall–Kier alpha value is -1.94. The van der Waals surface area contributed by atoms with E-state index in [0.717, 1.165) is 22.4 Å². The fraction of sp³-hybridized carbons (Fsp3) is 0.235. The molecule has 0 fully saturated rings. The molecule has 0 saturated heterocycles. The number of hydrogen-bond acceptors (Lipinski definition) is 2. The smallest absolute Gasteiger partial charge is 0.126 e. The number of halogens is 1. The first-order valence-corrected chi connectivity index (χ1v) is 7.22. The van der Waals surface area contributed by atoms with Crippen LogP contribution in [0.1, 0.15) is 35.2 Å². The Morgan fingerprint density at radius 3 is 2.52 bits per heavy atom. The maximum Gasteiger partial charge on any atom is 0.126 e. The number of benzene rings is 2. The van der Waals surface area contributed by atoms with Gasteiger partial charge in [0, 0.05) is 17.3 Å². The van der Waals surface area contributed by atoms with Gasteiger partial charge < -0.3 is 11.1 Å². The highest BCUT2D eigenvalue weighted by molar-refractivity contribution is 7.80. The molecule has 2 aromatic rings. The summed E-state index contributed by atoms with van der Waals surface area (Å²) >= 11 is 5.09. The molecule has 0 aliphatic rings. The Balaban J connectivity index is 2.29. The zero-order valence-electron chi connectivity index (χ0n) is 12.4. The number of nitrogens with two attached hydrogens (primary N) is 1. The predicted molar refractivity (Wildman–Crippen MR) is 90.2 cm³/mol. The van der Waals surface area contributed by atoms with Gasteiger partial charge in [0.05, 0.1) is 0 Å². The van der Waals surface area contributed by atoms with Crippen molar-refractivity contribution in [2.75, 3.05) is 5.32 Å². The van der Waals surface area contributed by atoms with E-state index in [2.05, 4.69) is 5.32 Å². The Bertz CT molecular complexity index is 682. The lowest BCUT2D eigenvalue weighted by Crippen LogP contribution is -2.15. The van der Waals surface area contributed by atoms with E-state index in [1.807, 2.05) is 38.1 Å². The second kappa shape index (κ2) is 6.22. The second-order valence-corrected chi connectivity index (χ2v) is 5.73. The van der Waals surface area contributed by atoms with Gasteiger partial charge in [-0.25, -0.2) is 4.39 Å². The van der Waals surface area contributed by atoms with E-state index >= 15 is 0 Å². The number of hydrogen-bond donors (Lipinski definition) is 2. The fourth-order valence-electron chi connectivity index (χ4n) is 2.18. The fourth-order valence-corrected chi connectivity index (χ4v) is 2.35. The van der Waals surface area contributed by atoms with E-state index in [9.17, 15) is 4.39 Å². The number of anilines is 1. The summed E-state index contributed by atoms with van der Waals surface area (Å²) in [7, 11) is 0. The van der Waals surface area contributed by atoms with Gasteiger partial charge >= 0.3 is 0 Å². The first-order chi connectivity index (χ1) is 9.88. The van der Waals surface area contributed by atoms with Crippen LogP contribution in [-0.2, 0) is 0 Å². The summed E-state index contributed by atoms with van der Waals surface area (Å²) in [6.45, 7) is 5.72. The number of aryl methyl sites for hydroxylation is 2. The van der Waals surface area contributed by atoms with Crippen LogP contribution >= 0.6 is 12.2 Å². The zero-order valence-corrected chi connectivity index (χ0v) is 13.2. The topological polar surface area (TPSA) is 38.0 Å². The summed E-state index contributed by atoms with van der Waals surface area (Å²) in [5, 5.41) is 3.35. The minimum Gasteiger partial charge on any atom is -0.389 e. The summed E-state index contributed by atoms with van der Waals surface area (Å²) in [6.07, 6.45) is 0. The van der Waals surface area contributed by atoms with Crippen LogP contribution in [-0.4, -0.2) is 4.99 Å². The summed E-state index contributed by atoms with van der Waals surface area (Å²) in [5.74, 6) is -0.195. The molecule has 4 heteroatoms. The van der Waals surface area contributed by atoms with Crippen LogP contribution in [0, 0.1) is 19.7 Å². The van der Waals surface area contributed by atoms with E-state index in [1.54, 1.807) is 19.1 Å². The van der Waals surface area contributed by atoms with E-state index in [-0.39, 0.29) is 11.9 Å². The molecule has 0 heterocycles. The third-order valence-electron chi connectivity index (χ3n) is 3.51. The number of nitrogens with one attached hydrogen (secondary N) is 1. The van der Waals surface area contributed by atoms with Crippen molar-refractivity contribution in [2.24, 2.45) is 5.73 Å². The van der Waals surface area contributed by atoms with E-state index < -0.39 is 0 Å². The molecule has 1 unspecified atom stereocenters. The van der Waals surface area contributed by atoms with Crippen LogP contribution in [0.15, 0.2) is 36.4 Å². The van der Waals surface area contributed by atoms with Gasteiger partial charge in [0.2, 0.25) is 0 Å². The average molecular weight is 302 g/mol. The van der Waals surface area contributed by atoms with Crippen molar-refractivity contribution in [3.63, 3.8) is 0 Å². The van der Waals surface area contributed by atoms with Crippen molar-refractivity contribution in [3.05, 3.63) is 64.5 Å². The Kier molecular flexibility index (Phi) is 4.58. The minimum atomic E-state index is -0.195. The SMILES string of the molecule is Cc1ccc(NC(C)c2ccc(C)c(F)c2)c(C(N)=S)c1. The van der Waals surface area contributed by atoms with Crippen LogP contribution in [0.25, 0.3) is 0 Å². The molecule has 0 spiro atoms. The minimum absolute atomic E-state index is 0.0455. The summed E-state index contributed by atoms with van der Waals surface area (Å²) in [6, 6.07) is 11.1. The highest BCUT2D eigenvalue weighted by Crippen LogP contribution is 2.24. The van der Waals surface area contributed by atoms with E-state index in [1.165, 1.54) is 0 Å². The number of rotatable bonds is 4.